The predicted octanol–water partition coefficient (Wildman–Crippen LogP) is 1.55. The molecule has 18 heavy (non-hydrogen) atoms. The Morgan fingerprint density at radius 3 is 2.72 bits per heavy atom. The average Bonchev–Trinajstić information content (AvgIpc) is 2.72. The minimum absolute atomic E-state index is 0. The van der Waals surface area contributed by atoms with Gasteiger partial charge in [-0.05, 0) is 25.3 Å². The number of guanidine groups is 1. The Labute approximate surface area is 126 Å². The summed E-state index contributed by atoms with van der Waals surface area (Å²) in [5.74, 6) is 0.901. The van der Waals surface area contributed by atoms with Crippen LogP contribution in [0, 0.1) is 0 Å². The van der Waals surface area contributed by atoms with Crippen LogP contribution in [0.1, 0.15) is 25.8 Å². The zero-order chi connectivity index (χ0) is 12.5. The minimum Gasteiger partial charge on any atom is -0.357 e. The number of aromatic nitrogens is 2. The van der Waals surface area contributed by atoms with E-state index in [-0.39, 0.29) is 24.0 Å². The maximum atomic E-state index is 4.44. The van der Waals surface area contributed by atoms with Gasteiger partial charge in [-0.2, -0.15) is 5.10 Å². The molecule has 0 aromatic carbocycles. The van der Waals surface area contributed by atoms with Gasteiger partial charge >= 0.3 is 0 Å². The molecular formula is C12H24IN5. The molecule has 0 fully saturated rings. The van der Waals surface area contributed by atoms with Crippen LogP contribution in [-0.2, 0) is 13.5 Å². The van der Waals surface area contributed by atoms with E-state index in [4.69, 9.17) is 0 Å². The molecule has 2 N–H and O–H groups in total. The van der Waals surface area contributed by atoms with E-state index in [0.29, 0.717) is 0 Å². The lowest BCUT2D eigenvalue weighted by Crippen LogP contribution is -2.38. The van der Waals surface area contributed by atoms with Crippen molar-refractivity contribution in [3.8, 4) is 0 Å². The molecule has 0 radical (unpaired) electrons. The van der Waals surface area contributed by atoms with E-state index in [2.05, 4.69) is 34.6 Å². The largest absolute Gasteiger partial charge is 0.357 e. The fraction of sp³-hybridized carbons (Fsp3) is 0.667. The molecule has 1 heterocycles. The first kappa shape index (κ1) is 17.2. The van der Waals surface area contributed by atoms with Crippen molar-refractivity contribution in [3.63, 3.8) is 0 Å². The molecule has 0 aliphatic heterocycles. The van der Waals surface area contributed by atoms with Crippen molar-refractivity contribution in [2.24, 2.45) is 12.0 Å². The summed E-state index contributed by atoms with van der Waals surface area (Å²) < 4.78 is 1.83. The van der Waals surface area contributed by atoms with Gasteiger partial charge in [0.15, 0.2) is 5.96 Å². The molecule has 0 aliphatic rings. The van der Waals surface area contributed by atoms with Crippen LogP contribution in [0.3, 0.4) is 0 Å². The average molecular weight is 365 g/mol. The first-order valence-electron chi connectivity index (χ1n) is 6.26. The van der Waals surface area contributed by atoms with Crippen LogP contribution < -0.4 is 10.6 Å². The highest BCUT2D eigenvalue weighted by molar-refractivity contribution is 14.0. The molecule has 0 saturated carbocycles. The number of rotatable bonds is 6. The number of aryl methyl sites for hydroxylation is 1. The normalized spacial score (nSPS) is 10.9. The molecule has 0 atom stereocenters. The van der Waals surface area contributed by atoms with Gasteiger partial charge in [0.25, 0.3) is 0 Å². The summed E-state index contributed by atoms with van der Waals surface area (Å²) in [5.41, 5.74) is 1.24. The Balaban J connectivity index is 0.00000289. The second kappa shape index (κ2) is 10.2. The quantitative estimate of drug-likeness (QED) is 0.457. The molecular weight excluding hydrogens is 341 g/mol. The van der Waals surface area contributed by atoms with E-state index < -0.39 is 0 Å². The highest BCUT2D eigenvalue weighted by Gasteiger charge is 1.98. The minimum atomic E-state index is 0. The lowest BCUT2D eigenvalue weighted by molar-refractivity contribution is 0.764. The predicted molar refractivity (Wildman–Crippen MR) is 86.6 cm³/mol. The van der Waals surface area contributed by atoms with Gasteiger partial charge in [-0.25, -0.2) is 0 Å². The van der Waals surface area contributed by atoms with Crippen LogP contribution in [0.25, 0.3) is 0 Å². The Bertz CT molecular complexity index is 348. The highest BCUT2D eigenvalue weighted by Crippen LogP contribution is 1.95. The van der Waals surface area contributed by atoms with Gasteiger partial charge in [0, 0.05) is 32.9 Å². The number of halogens is 1. The topological polar surface area (TPSA) is 54.2 Å². The van der Waals surface area contributed by atoms with Gasteiger partial charge in [-0.1, -0.05) is 6.92 Å². The molecule has 0 aliphatic carbocycles. The van der Waals surface area contributed by atoms with Crippen molar-refractivity contribution in [2.45, 2.75) is 26.7 Å². The number of hydrogen-bond donors (Lipinski definition) is 2. The van der Waals surface area contributed by atoms with Gasteiger partial charge in [0.1, 0.15) is 0 Å². The van der Waals surface area contributed by atoms with Crippen molar-refractivity contribution in [1.29, 1.82) is 0 Å². The third-order valence-corrected chi connectivity index (χ3v) is 2.30. The van der Waals surface area contributed by atoms with Crippen LogP contribution in [0.2, 0.25) is 0 Å². The van der Waals surface area contributed by atoms with Crippen LogP contribution in [0.15, 0.2) is 17.4 Å². The van der Waals surface area contributed by atoms with Crippen LogP contribution in [0.5, 0.6) is 0 Å². The molecule has 1 rings (SSSR count). The molecule has 1 aromatic heterocycles. The standard InChI is InChI=1S/C12H23N5.HI/c1-4-7-14-12(13-5-2)15-8-6-11-9-16-17(3)10-11;/h9-10H,4-8H2,1-3H3,(H2,13,14,15);1H. The first-order valence-corrected chi connectivity index (χ1v) is 6.26. The summed E-state index contributed by atoms with van der Waals surface area (Å²) in [6.45, 7) is 6.83. The Kier molecular flexibility index (Phi) is 9.72. The lowest BCUT2D eigenvalue weighted by Gasteiger charge is -2.10. The zero-order valence-electron chi connectivity index (χ0n) is 11.4. The van der Waals surface area contributed by atoms with Gasteiger partial charge in [-0.15, -0.1) is 24.0 Å². The SMILES string of the molecule is CCCN=C(NCC)NCCc1cnn(C)c1.I. The summed E-state index contributed by atoms with van der Waals surface area (Å²) in [5, 5.41) is 10.7. The third kappa shape index (κ3) is 6.83. The third-order valence-electron chi connectivity index (χ3n) is 2.30. The van der Waals surface area contributed by atoms with Gasteiger partial charge < -0.3 is 10.6 Å². The van der Waals surface area contributed by atoms with E-state index in [1.807, 2.05) is 24.1 Å². The second-order valence-electron chi connectivity index (χ2n) is 3.96. The van der Waals surface area contributed by atoms with Crippen LogP contribution in [-0.4, -0.2) is 35.4 Å². The summed E-state index contributed by atoms with van der Waals surface area (Å²) in [4.78, 5) is 4.44. The molecule has 104 valence electrons. The van der Waals surface area contributed by atoms with E-state index in [1.165, 1.54) is 5.56 Å². The molecule has 0 saturated heterocycles. The van der Waals surface area contributed by atoms with Gasteiger partial charge in [0.05, 0.1) is 6.20 Å². The molecule has 0 amide bonds. The fourth-order valence-corrected chi connectivity index (χ4v) is 1.49. The molecule has 1 aromatic rings. The molecule has 0 bridgehead atoms. The Morgan fingerprint density at radius 2 is 2.17 bits per heavy atom. The van der Waals surface area contributed by atoms with Crippen molar-refractivity contribution in [2.75, 3.05) is 19.6 Å². The summed E-state index contributed by atoms with van der Waals surface area (Å²) in [7, 11) is 1.93. The lowest BCUT2D eigenvalue weighted by atomic mass is 10.2. The van der Waals surface area contributed by atoms with Gasteiger partial charge in [0.2, 0.25) is 0 Å². The van der Waals surface area contributed by atoms with Crippen molar-refractivity contribution < 1.29 is 0 Å². The van der Waals surface area contributed by atoms with E-state index >= 15 is 0 Å². The van der Waals surface area contributed by atoms with Crippen molar-refractivity contribution >= 4 is 29.9 Å². The number of nitrogens with one attached hydrogen (secondary N) is 2. The number of aliphatic imine (C=N–C) groups is 1. The van der Waals surface area contributed by atoms with Crippen LogP contribution >= 0.6 is 24.0 Å². The molecule has 5 nitrogen and oxygen atoms in total. The molecule has 6 heteroatoms. The molecule has 0 spiro atoms. The van der Waals surface area contributed by atoms with E-state index in [0.717, 1.165) is 38.4 Å². The zero-order valence-corrected chi connectivity index (χ0v) is 13.8. The smallest absolute Gasteiger partial charge is 0.191 e. The number of hydrogen-bond acceptors (Lipinski definition) is 2. The summed E-state index contributed by atoms with van der Waals surface area (Å²) in [6.07, 6.45) is 5.97. The molecule has 0 unspecified atom stereocenters. The maximum Gasteiger partial charge on any atom is 0.191 e. The van der Waals surface area contributed by atoms with Crippen LogP contribution in [0.4, 0.5) is 0 Å². The Hall–Kier alpha value is -0.790. The number of nitrogens with zero attached hydrogens (tertiary/aromatic N) is 3. The van der Waals surface area contributed by atoms with Gasteiger partial charge in [-0.3, -0.25) is 9.67 Å². The van der Waals surface area contributed by atoms with E-state index in [9.17, 15) is 0 Å². The second-order valence-corrected chi connectivity index (χ2v) is 3.96. The highest BCUT2D eigenvalue weighted by atomic mass is 127. The summed E-state index contributed by atoms with van der Waals surface area (Å²) >= 11 is 0. The maximum absolute atomic E-state index is 4.44. The fourth-order valence-electron chi connectivity index (χ4n) is 1.49. The first-order chi connectivity index (χ1) is 8.26. The van der Waals surface area contributed by atoms with Crippen molar-refractivity contribution in [1.82, 2.24) is 20.4 Å². The monoisotopic (exact) mass is 365 g/mol. The Morgan fingerprint density at radius 1 is 1.39 bits per heavy atom. The summed E-state index contributed by atoms with van der Waals surface area (Å²) in [6, 6.07) is 0. The van der Waals surface area contributed by atoms with E-state index in [1.54, 1.807) is 0 Å². The van der Waals surface area contributed by atoms with Crippen molar-refractivity contribution in [3.05, 3.63) is 18.0 Å².